The number of carbonyl (C=O) groups excluding carboxylic acids is 1. The van der Waals surface area contributed by atoms with Crippen LogP contribution in [-0.4, -0.2) is 61.7 Å². The third-order valence-corrected chi connectivity index (χ3v) is 7.73. The molecule has 3 aromatic heterocycles. The second-order valence-electron chi connectivity index (χ2n) is 13.3. The van der Waals surface area contributed by atoms with Crippen LogP contribution in [0.2, 0.25) is 0 Å². The van der Waals surface area contributed by atoms with Gasteiger partial charge in [0.25, 0.3) is 0 Å². The summed E-state index contributed by atoms with van der Waals surface area (Å²) in [4.78, 5) is 23.4. The van der Waals surface area contributed by atoms with Gasteiger partial charge in [-0.05, 0) is 71.7 Å². The summed E-state index contributed by atoms with van der Waals surface area (Å²) in [5, 5.41) is 8.54. The zero-order valence-electron chi connectivity index (χ0n) is 28.8. The molecule has 1 amide bonds. The van der Waals surface area contributed by atoms with Crippen molar-refractivity contribution < 1.29 is 18.7 Å². The predicted octanol–water partition coefficient (Wildman–Crippen LogP) is 7.53. The van der Waals surface area contributed by atoms with E-state index in [1.807, 2.05) is 66.8 Å². The number of aliphatic imine (C=N–C) groups is 1. The topological polar surface area (TPSA) is 120 Å². The van der Waals surface area contributed by atoms with E-state index >= 15 is 0 Å². The Kier molecular flexibility index (Phi) is 12.1. The second-order valence-corrected chi connectivity index (χ2v) is 13.3. The molecule has 2 N–H and O–H groups in total. The minimum absolute atomic E-state index is 0.00453. The summed E-state index contributed by atoms with van der Waals surface area (Å²) in [5.74, 6) is 6.03. The van der Waals surface area contributed by atoms with E-state index in [0.29, 0.717) is 54.4 Å². The van der Waals surface area contributed by atoms with Crippen molar-refractivity contribution in [2.45, 2.75) is 99.3 Å². The van der Waals surface area contributed by atoms with Crippen molar-refractivity contribution >= 4 is 23.0 Å². The maximum absolute atomic E-state index is 13.7. The number of hydrogen-bond donors (Lipinski definition) is 1. The van der Waals surface area contributed by atoms with Gasteiger partial charge in [0, 0.05) is 30.3 Å². The number of hydrazone groups is 1. The molecule has 1 unspecified atom stereocenters. The standard InChI is InChI=1S/C32H42FN7O3.C3H8/c1-20(2)32(7,8)29(25-10-9-23(33)18-35-25)42-27-17-22(19-40-26(27)11-14-36-40)28(38-34)21(3)37-24-12-15-39(16-13-24)30(41)43-31(4,5)6;1-3-2/h9-11,14,17-19,24,29H,1,12-13,15-16,34H2,2-8H3;3H2,1-2H3/b37-21?,38-28+;. The Morgan fingerprint density at radius 3 is 2.35 bits per heavy atom. The molecule has 1 aliphatic rings. The van der Waals surface area contributed by atoms with Gasteiger partial charge in [-0.2, -0.15) is 10.2 Å². The molecule has 0 aliphatic carbocycles. The maximum atomic E-state index is 13.7. The minimum Gasteiger partial charge on any atom is -0.481 e. The first-order chi connectivity index (χ1) is 21.6. The Bertz CT molecular complexity index is 1550. The number of rotatable bonds is 8. The van der Waals surface area contributed by atoms with Crippen LogP contribution in [0.4, 0.5) is 9.18 Å². The van der Waals surface area contributed by atoms with Gasteiger partial charge in [-0.15, -0.1) is 0 Å². The monoisotopic (exact) mass is 635 g/mol. The van der Waals surface area contributed by atoms with Crippen molar-refractivity contribution in [3.05, 3.63) is 72.1 Å². The summed E-state index contributed by atoms with van der Waals surface area (Å²) in [7, 11) is 0. The van der Waals surface area contributed by atoms with E-state index in [4.69, 9.17) is 20.3 Å². The first-order valence-electron chi connectivity index (χ1n) is 15.8. The summed E-state index contributed by atoms with van der Waals surface area (Å²) < 4.78 is 27.6. The van der Waals surface area contributed by atoms with Crippen LogP contribution < -0.4 is 10.6 Å². The Morgan fingerprint density at radius 2 is 1.80 bits per heavy atom. The smallest absolute Gasteiger partial charge is 0.410 e. The highest BCUT2D eigenvalue weighted by Gasteiger charge is 2.35. The lowest BCUT2D eigenvalue weighted by Crippen LogP contribution is -2.42. The summed E-state index contributed by atoms with van der Waals surface area (Å²) in [6.45, 7) is 22.9. The number of fused-ring (bicyclic) bond motifs is 1. The number of ether oxygens (including phenoxy) is 2. The number of piperidine rings is 1. The van der Waals surface area contributed by atoms with Crippen molar-refractivity contribution in [2.24, 2.45) is 21.4 Å². The number of carbonyl (C=O) groups is 1. The molecule has 10 nitrogen and oxygen atoms in total. The van der Waals surface area contributed by atoms with Gasteiger partial charge >= 0.3 is 6.09 Å². The molecule has 4 rings (SSSR count). The highest BCUT2D eigenvalue weighted by atomic mass is 19.1. The van der Waals surface area contributed by atoms with Crippen LogP contribution in [0.15, 0.2) is 65.1 Å². The van der Waals surface area contributed by atoms with E-state index in [0.717, 1.165) is 11.1 Å². The Labute approximate surface area is 272 Å². The molecule has 1 atom stereocenters. The highest BCUT2D eigenvalue weighted by Crippen LogP contribution is 2.42. The molecule has 1 fully saturated rings. The van der Waals surface area contributed by atoms with Crippen molar-refractivity contribution in [2.75, 3.05) is 13.1 Å². The first kappa shape index (κ1) is 36.2. The first-order valence-corrected chi connectivity index (χ1v) is 15.8. The summed E-state index contributed by atoms with van der Waals surface area (Å²) in [6.07, 6.45) is 6.45. The molecule has 46 heavy (non-hydrogen) atoms. The van der Waals surface area contributed by atoms with Crippen LogP contribution >= 0.6 is 0 Å². The lowest BCUT2D eigenvalue weighted by molar-refractivity contribution is 0.0207. The van der Waals surface area contributed by atoms with Crippen LogP contribution in [0.1, 0.15) is 98.9 Å². The molecular weight excluding hydrogens is 585 g/mol. The van der Waals surface area contributed by atoms with Gasteiger partial charge in [0.05, 0.1) is 29.8 Å². The fraction of sp³-hybridized carbons (Fsp3) is 0.514. The van der Waals surface area contributed by atoms with Crippen LogP contribution in [0.3, 0.4) is 0 Å². The predicted molar refractivity (Wildman–Crippen MR) is 182 cm³/mol. The fourth-order valence-electron chi connectivity index (χ4n) is 4.91. The molecule has 11 heteroatoms. The van der Waals surface area contributed by atoms with Gasteiger partial charge in [-0.1, -0.05) is 46.3 Å². The van der Waals surface area contributed by atoms with Crippen LogP contribution in [-0.2, 0) is 4.74 Å². The van der Waals surface area contributed by atoms with Crippen molar-refractivity contribution in [1.29, 1.82) is 0 Å². The van der Waals surface area contributed by atoms with Gasteiger partial charge in [0.2, 0.25) is 0 Å². The quantitative estimate of drug-likeness (QED) is 0.118. The summed E-state index contributed by atoms with van der Waals surface area (Å²) in [5.41, 5.74) is 2.92. The molecule has 0 saturated carbocycles. The van der Waals surface area contributed by atoms with E-state index in [1.54, 1.807) is 21.7 Å². The van der Waals surface area contributed by atoms with Crippen molar-refractivity contribution in [3.63, 3.8) is 0 Å². The van der Waals surface area contributed by atoms with Crippen LogP contribution in [0, 0.1) is 11.2 Å². The lowest BCUT2D eigenvalue weighted by atomic mass is 9.78. The zero-order chi connectivity index (χ0) is 34.2. The molecule has 1 aliphatic heterocycles. The Morgan fingerprint density at radius 1 is 1.15 bits per heavy atom. The van der Waals surface area contributed by atoms with Gasteiger partial charge < -0.3 is 20.2 Å². The number of nitrogens with two attached hydrogens (primary N) is 1. The maximum Gasteiger partial charge on any atom is 0.410 e. The van der Waals surface area contributed by atoms with E-state index in [9.17, 15) is 9.18 Å². The number of amides is 1. The lowest BCUT2D eigenvalue weighted by Gasteiger charge is -2.35. The average Bonchev–Trinajstić information content (AvgIpc) is 3.46. The zero-order valence-corrected chi connectivity index (χ0v) is 28.8. The molecule has 1 saturated heterocycles. The molecule has 0 radical (unpaired) electrons. The number of halogens is 1. The van der Waals surface area contributed by atoms with Gasteiger partial charge in [0.15, 0.2) is 0 Å². The third-order valence-electron chi connectivity index (χ3n) is 7.73. The normalized spacial score (nSPS) is 15.7. The summed E-state index contributed by atoms with van der Waals surface area (Å²) in [6, 6.07) is 6.71. The van der Waals surface area contributed by atoms with Gasteiger partial charge in [0.1, 0.15) is 34.5 Å². The largest absolute Gasteiger partial charge is 0.481 e. The molecule has 0 bridgehead atoms. The third kappa shape index (κ3) is 9.14. The molecule has 0 aromatic carbocycles. The SMILES string of the molecule is C=C(C)C(C)(C)C(Oc1cc(/C(=N/N)C(C)=NC2CCN(C(=O)OC(C)(C)C)CC2)cn2nccc12)c1ccc(F)cn1.CCC. The number of hydrogen-bond acceptors (Lipinski definition) is 8. The van der Waals surface area contributed by atoms with E-state index in [-0.39, 0.29) is 12.1 Å². The fourth-order valence-corrected chi connectivity index (χ4v) is 4.91. The van der Waals surface area contributed by atoms with E-state index < -0.39 is 22.9 Å². The average molecular weight is 636 g/mol. The molecule has 3 aromatic rings. The number of likely N-dealkylation sites (tertiary alicyclic amines) is 1. The number of pyridine rings is 2. The number of aromatic nitrogens is 3. The summed E-state index contributed by atoms with van der Waals surface area (Å²) >= 11 is 0. The van der Waals surface area contributed by atoms with Crippen LogP contribution in [0.5, 0.6) is 5.75 Å². The van der Waals surface area contributed by atoms with Crippen molar-refractivity contribution in [3.8, 4) is 5.75 Å². The number of nitrogens with zero attached hydrogens (tertiary/aromatic N) is 6. The minimum atomic E-state index is -0.581. The highest BCUT2D eigenvalue weighted by molar-refractivity contribution is 6.47. The van der Waals surface area contributed by atoms with Gasteiger partial charge in [-0.25, -0.2) is 13.7 Å². The van der Waals surface area contributed by atoms with Crippen molar-refractivity contribution in [1.82, 2.24) is 19.5 Å². The molecule has 0 spiro atoms. The van der Waals surface area contributed by atoms with E-state index in [2.05, 4.69) is 35.6 Å². The van der Waals surface area contributed by atoms with E-state index in [1.165, 1.54) is 18.7 Å². The molecular formula is C35H50FN7O3. The Balaban J connectivity index is 0.00000185. The Hall–Kier alpha value is -4.28. The molecule has 4 heterocycles. The van der Waals surface area contributed by atoms with Gasteiger partial charge in [-0.3, -0.25) is 9.98 Å². The second kappa shape index (κ2) is 15.3. The molecule has 250 valence electrons. The van der Waals surface area contributed by atoms with Crippen LogP contribution in [0.25, 0.3) is 5.52 Å².